The van der Waals surface area contributed by atoms with Gasteiger partial charge in [-0.2, -0.15) is 19.7 Å². The Balaban J connectivity index is 2.05. The van der Waals surface area contributed by atoms with E-state index in [2.05, 4.69) is 25.0 Å². The first-order valence-corrected chi connectivity index (χ1v) is 8.03. The van der Waals surface area contributed by atoms with E-state index in [0.29, 0.717) is 5.82 Å². The molecule has 0 aliphatic rings. The molecule has 0 atom stereocenters. The van der Waals surface area contributed by atoms with E-state index in [4.69, 9.17) is 16.3 Å². The van der Waals surface area contributed by atoms with Gasteiger partial charge in [-0.25, -0.2) is 8.42 Å². The maximum Gasteiger partial charge on any atom is 0.321 e. The van der Waals surface area contributed by atoms with Crippen molar-refractivity contribution in [2.75, 3.05) is 19.1 Å². The summed E-state index contributed by atoms with van der Waals surface area (Å²) in [6.45, 7) is 1.56. The maximum atomic E-state index is 12.1. The van der Waals surface area contributed by atoms with Crippen LogP contribution in [0.15, 0.2) is 29.2 Å². The minimum Gasteiger partial charge on any atom is -0.467 e. The Morgan fingerprint density at radius 2 is 1.95 bits per heavy atom. The van der Waals surface area contributed by atoms with Gasteiger partial charge in [0.15, 0.2) is 0 Å². The fraction of sp³-hybridized carbons (Fsp3) is 0.250. The number of anilines is 1. The Labute approximate surface area is 133 Å². The number of benzene rings is 1. The SMILES string of the molecule is COc1nc(C)nc(NCNS(=O)(=O)c2ccccc2Cl)n1. The summed E-state index contributed by atoms with van der Waals surface area (Å²) >= 11 is 5.88. The minimum atomic E-state index is -3.73. The van der Waals surface area contributed by atoms with Crippen LogP contribution in [0.1, 0.15) is 5.82 Å². The quantitative estimate of drug-likeness (QED) is 0.759. The summed E-state index contributed by atoms with van der Waals surface area (Å²) in [7, 11) is -2.30. The second kappa shape index (κ2) is 6.86. The first-order chi connectivity index (χ1) is 10.4. The molecule has 0 aliphatic carbocycles. The Morgan fingerprint density at radius 1 is 1.23 bits per heavy atom. The number of aryl methyl sites for hydroxylation is 1. The standard InChI is InChI=1S/C12H14ClN5O3S/c1-8-16-11(18-12(17-8)21-2)14-7-15-22(19,20)10-6-4-3-5-9(10)13/h3-6,15H,7H2,1-2H3,(H,14,16,17,18). The molecule has 0 bridgehead atoms. The lowest BCUT2D eigenvalue weighted by Gasteiger charge is -2.10. The van der Waals surface area contributed by atoms with Gasteiger partial charge < -0.3 is 10.1 Å². The van der Waals surface area contributed by atoms with Crippen molar-refractivity contribution in [2.24, 2.45) is 0 Å². The van der Waals surface area contributed by atoms with E-state index in [1.807, 2.05) is 0 Å². The van der Waals surface area contributed by atoms with Crippen LogP contribution in [0.5, 0.6) is 6.01 Å². The van der Waals surface area contributed by atoms with Gasteiger partial charge in [-0.15, -0.1) is 0 Å². The minimum absolute atomic E-state index is 0.00266. The van der Waals surface area contributed by atoms with Crippen LogP contribution in [0.2, 0.25) is 5.02 Å². The number of nitrogens with zero attached hydrogens (tertiary/aromatic N) is 3. The third-order valence-corrected chi connectivity index (χ3v) is 4.45. The lowest BCUT2D eigenvalue weighted by molar-refractivity contribution is 0.377. The average molecular weight is 344 g/mol. The lowest BCUT2D eigenvalue weighted by Crippen LogP contribution is -2.30. The van der Waals surface area contributed by atoms with Gasteiger partial charge in [0, 0.05) is 0 Å². The van der Waals surface area contributed by atoms with Crippen molar-refractivity contribution in [1.82, 2.24) is 19.7 Å². The summed E-state index contributed by atoms with van der Waals surface area (Å²) < 4.78 is 31.5. The molecule has 2 aromatic rings. The molecule has 1 aromatic carbocycles. The number of halogens is 1. The molecule has 22 heavy (non-hydrogen) atoms. The van der Waals surface area contributed by atoms with E-state index in [-0.39, 0.29) is 28.5 Å². The van der Waals surface area contributed by atoms with E-state index in [0.717, 1.165) is 0 Å². The van der Waals surface area contributed by atoms with Crippen LogP contribution in [-0.2, 0) is 10.0 Å². The van der Waals surface area contributed by atoms with Crippen LogP contribution in [0, 0.1) is 6.92 Å². The summed E-state index contributed by atoms with van der Waals surface area (Å²) in [4.78, 5) is 11.9. The number of rotatable bonds is 6. The Bertz CT molecular complexity index is 769. The molecule has 1 aromatic heterocycles. The zero-order valence-electron chi connectivity index (χ0n) is 11.9. The molecule has 0 saturated heterocycles. The highest BCUT2D eigenvalue weighted by atomic mass is 35.5. The molecule has 0 saturated carbocycles. The smallest absolute Gasteiger partial charge is 0.321 e. The van der Waals surface area contributed by atoms with Gasteiger partial charge in [-0.05, 0) is 19.1 Å². The predicted molar refractivity (Wildman–Crippen MR) is 81.4 cm³/mol. The van der Waals surface area contributed by atoms with Crippen LogP contribution in [0.3, 0.4) is 0 Å². The van der Waals surface area contributed by atoms with Crippen LogP contribution in [0.25, 0.3) is 0 Å². The van der Waals surface area contributed by atoms with Crippen molar-refractivity contribution < 1.29 is 13.2 Å². The molecular weight excluding hydrogens is 330 g/mol. The number of ether oxygens (including phenoxy) is 1. The molecule has 10 heteroatoms. The number of methoxy groups -OCH3 is 1. The first kappa shape index (κ1) is 16.4. The van der Waals surface area contributed by atoms with Crippen molar-refractivity contribution in [1.29, 1.82) is 0 Å². The fourth-order valence-corrected chi connectivity index (χ4v) is 3.02. The summed E-state index contributed by atoms with van der Waals surface area (Å²) in [5, 5.41) is 2.88. The molecule has 2 N–H and O–H groups in total. The van der Waals surface area contributed by atoms with E-state index < -0.39 is 10.0 Å². The molecule has 1 heterocycles. The van der Waals surface area contributed by atoms with Crippen LogP contribution < -0.4 is 14.8 Å². The molecular formula is C12H14ClN5O3S. The van der Waals surface area contributed by atoms with Gasteiger partial charge >= 0.3 is 6.01 Å². The van der Waals surface area contributed by atoms with Gasteiger partial charge in [0.05, 0.1) is 18.8 Å². The summed E-state index contributed by atoms with van der Waals surface area (Å²) in [5.41, 5.74) is 0. The summed E-state index contributed by atoms with van der Waals surface area (Å²) in [6, 6.07) is 6.31. The van der Waals surface area contributed by atoms with Gasteiger partial charge in [-0.3, -0.25) is 0 Å². The number of aromatic nitrogens is 3. The van der Waals surface area contributed by atoms with E-state index in [9.17, 15) is 8.42 Å². The zero-order chi connectivity index (χ0) is 16.2. The monoisotopic (exact) mass is 343 g/mol. The van der Waals surface area contributed by atoms with E-state index in [1.165, 1.54) is 19.2 Å². The highest BCUT2D eigenvalue weighted by molar-refractivity contribution is 7.89. The topological polar surface area (TPSA) is 106 Å². The lowest BCUT2D eigenvalue weighted by atomic mass is 10.4. The molecule has 118 valence electrons. The molecule has 8 nitrogen and oxygen atoms in total. The Kier molecular flexibility index (Phi) is 5.11. The maximum absolute atomic E-state index is 12.1. The summed E-state index contributed by atoms with van der Waals surface area (Å²) in [6.07, 6.45) is 0. The molecule has 0 fully saturated rings. The molecule has 2 rings (SSSR count). The number of hydrogen-bond acceptors (Lipinski definition) is 7. The summed E-state index contributed by atoms with van der Waals surface area (Å²) in [5.74, 6) is 0.648. The van der Waals surface area contributed by atoms with Crippen molar-refractivity contribution in [2.45, 2.75) is 11.8 Å². The van der Waals surface area contributed by atoms with Gasteiger partial charge in [0.1, 0.15) is 10.7 Å². The number of hydrogen-bond donors (Lipinski definition) is 2. The molecule has 0 radical (unpaired) electrons. The molecule has 0 aliphatic heterocycles. The fourth-order valence-electron chi connectivity index (χ4n) is 1.58. The van der Waals surface area contributed by atoms with E-state index >= 15 is 0 Å². The second-order valence-electron chi connectivity index (χ2n) is 4.12. The van der Waals surface area contributed by atoms with E-state index in [1.54, 1.807) is 19.1 Å². The third-order valence-electron chi connectivity index (χ3n) is 2.54. The zero-order valence-corrected chi connectivity index (χ0v) is 13.4. The van der Waals surface area contributed by atoms with Gasteiger partial charge in [0.25, 0.3) is 0 Å². The highest BCUT2D eigenvalue weighted by Crippen LogP contribution is 2.19. The normalized spacial score (nSPS) is 11.2. The van der Waals surface area contributed by atoms with Crippen molar-refractivity contribution in [3.05, 3.63) is 35.1 Å². The van der Waals surface area contributed by atoms with Crippen molar-refractivity contribution in [3.63, 3.8) is 0 Å². The molecule has 0 spiro atoms. The van der Waals surface area contributed by atoms with Crippen LogP contribution in [0.4, 0.5) is 5.95 Å². The van der Waals surface area contributed by atoms with Crippen molar-refractivity contribution in [3.8, 4) is 6.01 Å². The van der Waals surface area contributed by atoms with Crippen LogP contribution in [-0.4, -0.2) is 37.1 Å². The average Bonchev–Trinajstić information content (AvgIpc) is 2.46. The predicted octanol–water partition coefficient (Wildman–Crippen LogP) is 1.19. The highest BCUT2D eigenvalue weighted by Gasteiger charge is 2.16. The van der Waals surface area contributed by atoms with Gasteiger partial charge in [0.2, 0.25) is 16.0 Å². The Hall–Kier alpha value is -1.97. The van der Waals surface area contributed by atoms with Gasteiger partial charge in [-0.1, -0.05) is 23.7 Å². The largest absolute Gasteiger partial charge is 0.467 e. The Morgan fingerprint density at radius 3 is 2.64 bits per heavy atom. The number of sulfonamides is 1. The molecule has 0 amide bonds. The third kappa shape index (κ3) is 4.03. The van der Waals surface area contributed by atoms with Crippen LogP contribution >= 0.6 is 11.6 Å². The second-order valence-corrected chi connectivity index (χ2v) is 6.27. The number of nitrogens with one attached hydrogen (secondary N) is 2. The first-order valence-electron chi connectivity index (χ1n) is 6.17. The molecule has 0 unspecified atom stereocenters. The van der Waals surface area contributed by atoms with Crippen molar-refractivity contribution >= 4 is 27.6 Å².